The van der Waals surface area contributed by atoms with Crippen molar-refractivity contribution in [2.75, 3.05) is 6.61 Å². The lowest BCUT2D eigenvalue weighted by molar-refractivity contribution is -0.147. The van der Waals surface area contributed by atoms with Gasteiger partial charge in [0, 0.05) is 13.3 Å². The van der Waals surface area contributed by atoms with Crippen LogP contribution in [0.2, 0.25) is 0 Å². The van der Waals surface area contributed by atoms with Gasteiger partial charge < -0.3 is 4.74 Å². The number of benzene rings is 1. The summed E-state index contributed by atoms with van der Waals surface area (Å²) in [5, 5.41) is 0. The Bertz CT molecular complexity index is 585. The van der Waals surface area contributed by atoms with E-state index in [2.05, 4.69) is 6.58 Å². The lowest BCUT2D eigenvalue weighted by atomic mass is 10.1. The van der Waals surface area contributed by atoms with Crippen molar-refractivity contribution in [1.82, 2.24) is 0 Å². The molecule has 0 spiro atoms. The van der Waals surface area contributed by atoms with Gasteiger partial charge in [0.05, 0.1) is 4.90 Å². The standard InChI is InChI=1S/C15H20O5S/c1-11(2)9-14(20-13(4)16)10-19-21(17,18)15-7-5-12(3)6-8-15/h5-8,14H,1,9-10H2,2-4H3. The lowest BCUT2D eigenvalue weighted by Crippen LogP contribution is -2.24. The molecule has 6 heteroatoms. The van der Waals surface area contributed by atoms with E-state index in [-0.39, 0.29) is 11.5 Å². The first-order chi connectivity index (χ1) is 9.70. The van der Waals surface area contributed by atoms with Crippen LogP contribution in [0.15, 0.2) is 41.3 Å². The van der Waals surface area contributed by atoms with E-state index in [0.29, 0.717) is 6.42 Å². The first-order valence-electron chi connectivity index (χ1n) is 6.48. The normalized spacial score (nSPS) is 12.7. The second-order valence-electron chi connectivity index (χ2n) is 4.94. The van der Waals surface area contributed by atoms with E-state index in [9.17, 15) is 13.2 Å². The van der Waals surface area contributed by atoms with E-state index in [1.54, 1.807) is 19.1 Å². The summed E-state index contributed by atoms with van der Waals surface area (Å²) in [5.74, 6) is -0.488. The molecule has 1 rings (SSSR count). The van der Waals surface area contributed by atoms with Gasteiger partial charge in [-0.15, -0.1) is 6.58 Å². The molecule has 0 bridgehead atoms. The zero-order chi connectivity index (χ0) is 16.0. The van der Waals surface area contributed by atoms with Crippen LogP contribution < -0.4 is 0 Å². The summed E-state index contributed by atoms with van der Waals surface area (Å²) in [4.78, 5) is 11.1. The van der Waals surface area contributed by atoms with Gasteiger partial charge in [-0.1, -0.05) is 23.3 Å². The zero-order valence-corrected chi connectivity index (χ0v) is 13.3. The molecule has 0 N–H and O–H groups in total. The predicted octanol–water partition coefficient (Wildman–Crippen LogP) is 2.60. The zero-order valence-electron chi connectivity index (χ0n) is 12.5. The maximum absolute atomic E-state index is 12.0. The van der Waals surface area contributed by atoms with Crippen LogP contribution in [0.3, 0.4) is 0 Å². The van der Waals surface area contributed by atoms with Crippen LogP contribution in [0, 0.1) is 6.92 Å². The van der Waals surface area contributed by atoms with Gasteiger partial charge >= 0.3 is 5.97 Å². The van der Waals surface area contributed by atoms with Gasteiger partial charge in [-0.2, -0.15) is 8.42 Å². The van der Waals surface area contributed by atoms with E-state index in [0.717, 1.165) is 11.1 Å². The maximum atomic E-state index is 12.0. The third-order valence-electron chi connectivity index (χ3n) is 2.63. The maximum Gasteiger partial charge on any atom is 0.302 e. The van der Waals surface area contributed by atoms with Crippen LogP contribution in [-0.4, -0.2) is 27.1 Å². The molecule has 1 unspecified atom stereocenters. The molecule has 0 aliphatic heterocycles. The van der Waals surface area contributed by atoms with Crippen LogP contribution in [0.25, 0.3) is 0 Å². The number of aryl methyl sites for hydroxylation is 1. The smallest absolute Gasteiger partial charge is 0.302 e. The van der Waals surface area contributed by atoms with E-state index in [4.69, 9.17) is 8.92 Å². The Morgan fingerprint density at radius 1 is 1.24 bits per heavy atom. The number of hydrogen-bond donors (Lipinski definition) is 0. The minimum absolute atomic E-state index is 0.0741. The molecule has 1 aromatic carbocycles. The van der Waals surface area contributed by atoms with Crippen molar-refractivity contribution in [2.24, 2.45) is 0 Å². The van der Waals surface area contributed by atoms with Crippen LogP contribution in [0.4, 0.5) is 0 Å². The number of rotatable bonds is 7. The van der Waals surface area contributed by atoms with Gasteiger partial charge in [-0.3, -0.25) is 8.98 Å². The fraction of sp³-hybridized carbons (Fsp3) is 0.400. The van der Waals surface area contributed by atoms with Gasteiger partial charge in [0.15, 0.2) is 0 Å². The summed E-state index contributed by atoms with van der Waals surface area (Å²) >= 11 is 0. The van der Waals surface area contributed by atoms with Gasteiger partial charge in [0.2, 0.25) is 0 Å². The number of carbonyl (C=O) groups excluding carboxylic acids is 1. The monoisotopic (exact) mass is 312 g/mol. The molecule has 0 saturated carbocycles. The third kappa shape index (κ3) is 6.10. The Labute approximate surface area is 125 Å². The Balaban J connectivity index is 2.75. The predicted molar refractivity (Wildman–Crippen MR) is 79.3 cm³/mol. The molecule has 0 amide bonds. The Hall–Kier alpha value is -1.66. The quantitative estimate of drug-likeness (QED) is 0.440. The van der Waals surface area contributed by atoms with Crippen molar-refractivity contribution >= 4 is 16.1 Å². The first kappa shape index (κ1) is 17.4. The average molecular weight is 312 g/mol. The molecule has 1 atom stereocenters. The summed E-state index contributed by atoms with van der Waals surface area (Å²) in [6, 6.07) is 6.33. The summed E-state index contributed by atoms with van der Waals surface area (Å²) in [5.41, 5.74) is 1.73. The number of carbonyl (C=O) groups is 1. The fourth-order valence-electron chi connectivity index (χ4n) is 1.70. The molecule has 0 aromatic heterocycles. The average Bonchev–Trinajstić information content (AvgIpc) is 2.35. The summed E-state index contributed by atoms with van der Waals surface area (Å²) in [6.07, 6.45) is -0.316. The second-order valence-corrected chi connectivity index (χ2v) is 6.56. The number of ether oxygens (including phenoxy) is 1. The van der Waals surface area contributed by atoms with E-state index < -0.39 is 22.2 Å². The summed E-state index contributed by atoms with van der Waals surface area (Å²) in [6.45, 7) is 8.38. The Morgan fingerprint density at radius 2 is 1.81 bits per heavy atom. The van der Waals surface area contributed by atoms with Crippen molar-refractivity contribution in [3.05, 3.63) is 42.0 Å². The van der Waals surface area contributed by atoms with E-state index in [1.165, 1.54) is 19.1 Å². The number of esters is 1. The molecule has 0 saturated heterocycles. The largest absolute Gasteiger partial charge is 0.460 e. The molecule has 0 radical (unpaired) electrons. The molecule has 1 aromatic rings. The van der Waals surface area contributed by atoms with Gasteiger partial charge in [-0.05, 0) is 26.0 Å². The second kappa shape index (κ2) is 7.38. The first-order valence-corrected chi connectivity index (χ1v) is 7.89. The van der Waals surface area contributed by atoms with E-state index in [1.807, 2.05) is 6.92 Å². The third-order valence-corrected chi connectivity index (χ3v) is 3.92. The van der Waals surface area contributed by atoms with Crippen molar-refractivity contribution in [3.63, 3.8) is 0 Å². The highest BCUT2D eigenvalue weighted by atomic mass is 32.2. The minimum Gasteiger partial charge on any atom is -0.460 e. The van der Waals surface area contributed by atoms with Crippen molar-refractivity contribution < 1.29 is 22.1 Å². The molecule has 5 nitrogen and oxygen atoms in total. The molecule has 0 aliphatic rings. The SMILES string of the molecule is C=C(C)CC(COS(=O)(=O)c1ccc(C)cc1)OC(C)=O. The van der Waals surface area contributed by atoms with Crippen molar-refractivity contribution in [1.29, 1.82) is 0 Å². The van der Waals surface area contributed by atoms with Gasteiger partial charge in [0.25, 0.3) is 10.1 Å². The minimum atomic E-state index is -3.86. The fourth-order valence-corrected chi connectivity index (χ4v) is 2.63. The van der Waals surface area contributed by atoms with Crippen LogP contribution >= 0.6 is 0 Å². The summed E-state index contributed by atoms with van der Waals surface area (Å²) in [7, 11) is -3.86. The van der Waals surface area contributed by atoms with Crippen LogP contribution in [0.1, 0.15) is 25.8 Å². The Kier molecular flexibility index (Phi) is 6.11. The summed E-state index contributed by atoms with van der Waals surface area (Å²) < 4.78 is 34.1. The highest BCUT2D eigenvalue weighted by Crippen LogP contribution is 2.15. The molecule has 0 aliphatic carbocycles. The number of hydrogen-bond acceptors (Lipinski definition) is 5. The van der Waals surface area contributed by atoms with Gasteiger partial charge in [-0.25, -0.2) is 0 Å². The van der Waals surface area contributed by atoms with Crippen molar-refractivity contribution in [2.45, 2.75) is 38.2 Å². The molecular formula is C15H20O5S. The van der Waals surface area contributed by atoms with Crippen molar-refractivity contribution in [3.8, 4) is 0 Å². The van der Waals surface area contributed by atoms with E-state index >= 15 is 0 Å². The van der Waals surface area contributed by atoms with Crippen LogP contribution in [-0.2, 0) is 23.8 Å². The molecule has 0 heterocycles. The highest BCUT2D eigenvalue weighted by molar-refractivity contribution is 7.86. The molecule has 116 valence electrons. The van der Waals surface area contributed by atoms with Crippen LogP contribution in [0.5, 0.6) is 0 Å². The Morgan fingerprint density at radius 3 is 2.29 bits per heavy atom. The molecular weight excluding hydrogens is 292 g/mol. The lowest BCUT2D eigenvalue weighted by Gasteiger charge is -2.17. The molecule has 0 fully saturated rings. The molecule has 21 heavy (non-hydrogen) atoms. The highest BCUT2D eigenvalue weighted by Gasteiger charge is 2.20. The van der Waals surface area contributed by atoms with Gasteiger partial charge in [0.1, 0.15) is 12.7 Å². The topological polar surface area (TPSA) is 69.7 Å².